The van der Waals surface area contributed by atoms with Crippen molar-refractivity contribution in [2.75, 3.05) is 19.0 Å². The van der Waals surface area contributed by atoms with Crippen LogP contribution in [0, 0.1) is 0 Å². The highest BCUT2D eigenvalue weighted by atomic mass is 16.5. The normalized spacial score (nSPS) is 11.6. The molecule has 0 saturated carbocycles. The van der Waals surface area contributed by atoms with Crippen LogP contribution in [-0.4, -0.2) is 25.5 Å². The summed E-state index contributed by atoms with van der Waals surface area (Å²) >= 11 is 0. The fraction of sp³-hybridized carbons (Fsp3) is 0.300. The van der Waals surface area contributed by atoms with Crippen molar-refractivity contribution in [3.63, 3.8) is 0 Å². The van der Waals surface area contributed by atoms with Gasteiger partial charge in [-0.05, 0) is 36.2 Å². The largest absolute Gasteiger partial charge is 0.375 e. The molecule has 5 nitrogen and oxygen atoms in total. The molecule has 25 heavy (non-hydrogen) atoms. The van der Waals surface area contributed by atoms with Gasteiger partial charge in [0, 0.05) is 18.4 Å². The Hall–Kier alpha value is -2.66. The highest BCUT2D eigenvalue weighted by molar-refractivity contribution is 5.96. The maximum atomic E-state index is 12.5. The van der Waals surface area contributed by atoms with Gasteiger partial charge in [0.05, 0.1) is 6.04 Å². The minimum Gasteiger partial charge on any atom is -0.375 e. The summed E-state index contributed by atoms with van der Waals surface area (Å²) in [4.78, 5) is 24.0. The first-order valence-corrected chi connectivity index (χ1v) is 8.38. The number of anilines is 1. The first-order chi connectivity index (χ1) is 12.1. The summed E-state index contributed by atoms with van der Waals surface area (Å²) in [7, 11) is 1.46. The molecular formula is C20H24N2O3. The number of carbonyl (C=O) groups excluding carboxylic acids is 2. The van der Waals surface area contributed by atoms with Crippen molar-refractivity contribution in [3.8, 4) is 0 Å². The molecule has 0 heterocycles. The Morgan fingerprint density at radius 1 is 1.04 bits per heavy atom. The maximum Gasteiger partial charge on any atom is 0.251 e. The van der Waals surface area contributed by atoms with Gasteiger partial charge in [0.2, 0.25) is 5.91 Å². The second-order valence-corrected chi connectivity index (χ2v) is 5.78. The Balaban J connectivity index is 2.02. The van der Waals surface area contributed by atoms with Crippen molar-refractivity contribution < 1.29 is 14.3 Å². The third-order valence-corrected chi connectivity index (χ3v) is 3.79. The number of amides is 2. The summed E-state index contributed by atoms with van der Waals surface area (Å²) in [5.41, 5.74) is 2.29. The Kier molecular flexibility index (Phi) is 7.16. The average Bonchev–Trinajstić information content (AvgIpc) is 2.63. The van der Waals surface area contributed by atoms with Gasteiger partial charge in [-0.15, -0.1) is 0 Å². The van der Waals surface area contributed by atoms with E-state index in [2.05, 4.69) is 17.6 Å². The maximum absolute atomic E-state index is 12.5. The average molecular weight is 340 g/mol. The molecule has 0 aliphatic heterocycles. The molecular weight excluding hydrogens is 316 g/mol. The second-order valence-electron chi connectivity index (χ2n) is 5.78. The fourth-order valence-corrected chi connectivity index (χ4v) is 2.57. The zero-order valence-electron chi connectivity index (χ0n) is 14.6. The van der Waals surface area contributed by atoms with Gasteiger partial charge in [0.1, 0.15) is 6.61 Å². The lowest BCUT2D eigenvalue weighted by atomic mass is 10.0. The first-order valence-electron chi connectivity index (χ1n) is 8.38. The van der Waals surface area contributed by atoms with E-state index in [0.717, 1.165) is 18.4 Å². The zero-order chi connectivity index (χ0) is 18.1. The molecule has 132 valence electrons. The van der Waals surface area contributed by atoms with Crippen molar-refractivity contribution >= 4 is 17.5 Å². The van der Waals surface area contributed by atoms with Crippen molar-refractivity contribution in [2.45, 2.75) is 25.8 Å². The van der Waals surface area contributed by atoms with Crippen LogP contribution in [0.4, 0.5) is 5.69 Å². The Bertz CT molecular complexity index is 684. The van der Waals surface area contributed by atoms with E-state index in [1.165, 1.54) is 7.11 Å². The van der Waals surface area contributed by atoms with Crippen molar-refractivity contribution in [1.82, 2.24) is 5.32 Å². The molecule has 0 saturated heterocycles. The predicted molar refractivity (Wildman–Crippen MR) is 98.5 cm³/mol. The van der Waals surface area contributed by atoms with E-state index in [-0.39, 0.29) is 24.5 Å². The minimum atomic E-state index is -0.230. The molecule has 0 aliphatic carbocycles. The van der Waals surface area contributed by atoms with Crippen molar-refractivity contribution in [1.29, 1.82) is 0 Å². The van der Waals surface area contributed by atoms with E-state index in [0.29, 0.717) is 11.3 Å². The summed E-state index contributed by atoms with van der Waals surface area (Å²) in [6, 6.07) is 16.8. The van der Waals surface area contributed by atoms with Crippen LogP contribution in [0.15, 0.2) is 54.6 Å². The van der Waals surface area contributed by atoms with E-state index >= 15 is 0 Å². The van der Waals surface area contributed by atoms with Crippen molar-refractivity contribution in [2.24, 2.45) is 0 Å². The van der Waals surface area contributed by atoms with Crippen LogP contribution >= 0.6 is 0 Å². The number of hydrogen-bond acceptors (Lipinski definition) is 3. The molecule has 5 heteroatoms. The Morgan fingerprint density at radius 3 is 2.32 bits per heavy atom. The van der Waals surface area contributed by atoms with Gasteiger partial charge < -0.3 is 15.4 Å². The first kappa shape index (κ1) is 18.7. The monoisotopic (exact) mass is 340 g/mol. The number of nitrogens with one attached hydrogen (secondary N) is 2. The summed E-state index contributed by atoms with van der Waals surface area (Å²) in [5, 5.41) is 5.79. The van der Waals surface area contributed by atoms with Crippen LogP contribution in [0.3, 0.4) is 0 Å². The van der Waals surface area contributed by atoms with E-state index in [1.807, 2.05) is 30.3 Å². The molecule has 0 radical (unpaired) electrons. The van der Waals surface area contributed by atoms with Gasteiger partial charge in [0.25, 0.3) is 5.91 Å². The molecule has 1 unspecified atom stereocenters. The lowest BCUT2D eigenvalue weighted by Gasteiger charge is -2.18. The molecule has 2 aromatic carbocycles. The van der Waals surface area contributed by atoms with Crippen LogP contribution in [0.2, 0.25) is 0 Å². The van der Waals surface area contributed by atoms with E-state index in [9.17, 15) is 9.59 Å². The lowest BCUT2D eigenvalue weighted by Crippen LogP contribution is -2.28. The summed E-state index contributed by atoms with van der Waals surface area (Å²) in [6.07, 6.45) is 1.85. The standard InChI is InChI=1S/C20H24N2O3/c1-3-7-18(15-8-5-4-6-9-15)22-20(24)16-10-12-17(13-11-16)21-19(23)14-25-2/h4-6,8-13,18H,3,7,14H2,1-2H3,(H,21,23)(H,22,24). The van der Waals surface area contributed by atoms with E-state index in [1.54, 1.807) is 24.3 Å². The van der Waals surface area contributed by atoms with Gasteiger partial charge in [-0.3, -0.25) is 9.59 Å². The number of ether oxygens (including phenoxy) is 1. The summed E-state index contributed by atoms with van der Waals surface area (Å²) < 4.78 is 4.77. The number of hydrogen-bond donors (Lipinski definition) is 2. The van der Waals surface area contributed by atoms with Crippen LogP contribution in [0.1, 0.15) is 41.7 Å². The van der Waals surface area contributed by atoms with Crippen molar-refractivity contribution in [3.05, 3.63) is 65.7 Å². The lowest BCUT2D eigenvalue weighted by molar-refractivity contribution is -0.119. The smallest absolute Gasteiger partial charge is 0.251 e. The number of methoxy groups -OCH3 is 1. The van der Waals surface area contributed by atoms with Crippen LogP contribution in [0.5, 0.6) is 0 Å². The van der Waals surface area contributed by atoms with Gasteiger partial charge in [-0.1, -0.05) is 43.7 Å². The highest BCUT2D eigenvalue weighted by Crippen LogP contribution is 2.19. The molecule has 1 atom stereocenters. The molecule has 2 rings (SSSR count). The van der Waals surface area contributed by atoms with E-state index < -0.39 is 0 Å². The van der Waals surface area contributed by atoms with E-state index in [4.69, 9.17) is 4.74 Å². The van der Waals surface area contributed by atoms with Gasteiger partial charge in [0.15, 0.2) is 0 Å². The molecule has 0 fully saturated rings. The van der Waals surface area contributed by atoms with Gasteiger partial charge in [-0.25, -0.2) is 0 Å². The molecule has 0 spiro atoms. The van der Waals surface area contributed by atoms with Gasteiger partial charge in [-0.2, -0.15) is 0 Å². The van der Waals surface area contributed by atoms with Crippen LogP contribution in [-0.2, 0) is 9.53 Å². The third kappa shape index (κ3) is 5.72. The zero-order valence-corrected chi connectivity index (χ0v) is 14.6. The quantitative estimate of drug-likeness (QED) is 0.772. The molecule has 0 aromatic heterocycles. The number of carbonyl (C=O) groups is 2. The molecule has 2 amide bonds. The summed E-state index contributed by atoms with van der Waals surface area (Å²) in [6.45, 7) is 2.09. The minimum absolute atomic E-state index is 0.00197. The molecule has 0 aliphatic rings. The topological polar surface area (TPSA) is 67.4 Å². The number of benzene rings is 2. The third-order valence-electron chi connectivity index (χ3n) is 3.79. The molecule has 2 N–H and O–H groups in total. The number of rotatable bonds is 8. The molecule has 0 bridgehead atoms. The van der Waals surface area contributed by atoms with Crippen LogP contribution < -0.4 is 10.6 Å². The molecule has 2 aromatic rings. The predicted octanol–water partition coefficient (Wildman–Crippen LogP) is 3.54. The second kappa shape index (κ2) is 9.59. The SMILES string of the molecule is CCCC(NC(=O)c1ccc(NC(=O)COC)cc1)c1ccccc1. The highest BCUT2D eigenvalue weighted by Gasteiger charge is 2.15. The van der Waals surface area contributed by atoms with Crippen LogP contribution in [0.25, 0.3) is 0 Å². The Morgan fingerprint density at radius 2 is 1.72 bits per heavy atom. The summed E-state index contributed by atoms with van der Waals surface area (Å²) in [5.74, 6) is -0.358. The van der Waals surface area contributed by atoms with Gasteiger partial charge >= 0.3 is 0 Å². The Labute approximate surface area is 148 Å². The fourth-order valence-electron chi connectivity index (χ4n) is 2.57.